The number of fused-ring (bicyclic) bond motifs is 7. The molecule has 0 radical (unpaired) electrons. The Kier molecular flexibility index (Phi) is 5.43. The average Bonchev–Trinajstić information content (AvgIpc) is 2.76. The number of carbonyl (C=O) groups is 2. The number of ketones is 1. The van der Waals surface area contributed by atoms with Crippen LogP contribution < -0.4 is 0 Å². The minimum Gasteiger partial charge on any atom is -0.481 e. The normalized spacial score (nSPS) is 50.2. The predicted octanol–water partition coefficient (Wildman–Crippen LogP) is 6.66. The van der Waals surface area contributed by atoms with E-state index in [-0.39, 0.29) is 45.9 Å². The summed E-state index contributed by atoms with van der Waals surface area (Å²) < 4.78 is 0. The SMILES string of the molecule is CC1(C)CCC2(C(=O)O)CCC3(C)C(=CCC4C5(C)CC(CO)C(=O)C(C)(C)C5CCC43C)C2C1. The first-order valence-electron chi connectivity index (χ1n) is 14.2. The Labute approximate surface area is 212 Å². The van der Waals surface area contributed by atoms with Gasteiger partial charge in [0.25, 0.3) is 0 Å². The summed E-state index contributed by atoms with van der Waals surface area (Å²) in [6.45, 7) is 16.2. The summed E-state index contributed by atoms with van der Waals surface area (Å²) >= 11 is 0. The molecule has 0 bridgehead atoms. The zero-order chi connectivity index (χ0) is 25.8. The molecule has 0 aliphatic heterocycles. The number of hydrogen-bond donors (Lipinski definition) is 2. The molecule has 5 aliphatic carbocycles. The lowest BCUT2D eigenvalue weighted by molar-refractivity contribution is -0.196. The van der Waals surface area contributed by atoms with E-state index in [2.05, 4.69) is 54.5 Å². The van der Waals surface area contributed by atoms with Crippen LogP contribution in [0.1, 0.15) is 106 Å². The van der Waals surface area contributed by atoms with Gasteiger partial charge in [-0.3, -0.25) is 9.59 Å². The molecule has 4 heteroatoms. The number of rotatable bonds is 2. The maximum absolute atomic E-state index is 13.3. The molecule has 4 fully saturated rings. The fraction of sp³-hybridized carbons (Fsp3) is 0.871. The fourth-order valence-corrected chi connectivity index (χ4v) is 10.9. The van der Waals surface area contributed by atoms with Crippen molar-refractivity contribution >= 4 is 11.8 Å². The first-order valence-corrected chi connectivity index (χ1v) is 14.2. The molecule has 0 saturated heterocycles. The number of allylic oxidation sites excluding steroid dienone is 2. The van der Waals surface area contributed by atoms with E-state index >= 15 is 0 Å². The smallest absolute Gasteiger partial charge is 0.310 e. The second-order valence-electron chi connectivity index (χ2n) is 15.3. The number of hydrogen-bond acceptors (Lipinski definition) is 3. The lowest BCUT2D eigenvalue weighted by Crippen LogP contribution is -2.65. The van der Waals surface area contributed by atoms with Gasteiger partial charge in [0.15, 0.2) is 0 Å². The maximum Gasteiger partial charge on any atom is 0.310 e. The van der Waals surface area contributed by atoms with Gasteiger partial charge in [0.05, 0.1) is 12.0 Å². The second-order valence-corrected chi connectivity index (χ2v) is 15.3. The summed E-state index contributed by atoms with van der Waals surface area (Å²) in [6, 6.07) is 0. The van der Waals surface area contributed by atoms with Crippen LogP contribution in [0.2, 0.25) is 0 Å². The minimum atomic E-state index is -0.605. The molecule has 4 saturated carbocycles. The molecule has 0 amide bonds. The Bertz CT molecular complexity index is 976. The van der Waals surface area contributed by atoms with Gasteiger partial charge in [0, 0.05) is 11.3 Å². The number of aliphatic carboxylic acids is 1. The number of carbonyl (C=O) groups excluding carboxylic acids is 1. The molecule has 8 unspecified atom stereocenters. The standard InChI is InChI=1S/C31H48O4/c1-26(2)12-14-31(25(34)35)15-13-29(6)20(21(31)17-26)8-9-23-28(5)16-19(18-32)24(33)27(3,4)22(28)10-11-30(23,29)7/h8,19,21-23,32H,9-18H2,1-7H3,(H,34,35). The highest BCUT2D eigenvalue weighted by Crippen LogP contribution is 2.75. The first kappa shape index (κ1) is 25.5. The Morgan fingerprint density at radius 2 is 1.60 bits per heavy atom. The van der Waals surface area contributed by atoms with Crippen molar-refractivity contribution in [3.8, 4) is 0 Å². The minimum absolute atomic E-state index is 0.00395. The first-order chi connectivity index (χ1) is 16.1. The molecule has 5 aliphatic rings. The summed E-state index contributed by atoms with van der Waals surface area (Å²) in [6.07, 6.45) is 10.9. The molecule has 0 aromatic heterocycles. The Morgan fingerprint density at radius 1 is 0.943 bits per heavy atom. The maximum atomic E-state index is 13.3. The Morgan fingerprint density at radius 3 is 2.23 bits per heavy atom. The Balaban J connectivity index is 1.61. The molecule has 8 atom stereocenters. The highest BCUT2D eigenvalue weighted by molar-refractivity contribution is 5.88. The monoisotopic (exact) mass is 484 g/mol. The molecule has 5 rings (SSSR count). The predicted molar refractivity (Wildman–Crippen MR) is 138 cm³/mol. The van der Waals surface area contributed by atoms with Gasteiger partial charge in [0.1, 0.15) is 5.78 Å². The van der Waals surface area contributed by atoms with Crippen molar-refractivity contribution in [3.05, 3.63) is 11.6 Å². The van der Waals surface area contributed by atoms with Gasteiger partial charge >= 0.3 is 5.97 Å². The van der Waals surface area contributed by atoms with Crippen LogP contribution in [0.15, 0.2) is 11.6 Å². The summed E-state index contributed by atoms with van der Waals surface area (Å²) in [5.41, 5.74) is 0.663. The number of carboxylic acid groups (broad SMARTS) is 1. The molecule has 35 heavy (non-hydrogen) atoms. The van der Waals surface area contributed by atoms with E-state index < -0.39 is 16.8 Å². The van der Waals surface area contributed by atoms with Gasteiger partial charge < -0.3 is 10.2 Å². The van der Waals surface area contributed by atoms with E-state index in [1.165, 1.54) is 5.57 Å². The molecular weight excluding hydrogens is 436 g/mol. The summed E-state index contributed by atoms with van der Waals surface area (Å²) in [7, 11) is 0. The van der Waals surface area contributed by atoms with Gasteiger partial charge in [-0.15, -0.1) is 0 Å². The van der Waals surface area contributed by atoms with Crippen LogP contribution in [0.3, 0.4) is 0 Å². The second kappa shape index (κ2) is 7.45. The van der Waals surface area contributed by atoms with E-state index in [0.717, 1.165) is 57.8 Å². The summed E-state index contributed by atoms with van der Waals surface area (Å²) in [4.78, 5) is 26.1. The van der Waals surface area contributed by atoms with E-state index in [9.17, 15) is 19.8 Å². The fourth-order valence-electron chi connectivity index (χ4n) is 10.9. The van der Waals surface area contributed by atoms with Crippen LogP contribution in [-0.4, -0.2) is 28.6 Å². The van der Waals surface area contributed by atoms with Crippen molar-refractivity contribution in [1.82, 2.24) is 0 Å². The lowest BCUT2D eigenvalue weighted by Gasteiger charge is -2.71. The van der Waals surface area contributed by atoms with Crippen molar-refractivity contribution < 1.29 is 19.8 Å². The van der Waals surface area contributed by atoms with Crippen molar-refractivity contribution in [2.75, 3.05) is 6.61 Å². The van der Waals surface area contributed by atoms with Crippen LogP contribution in [-0.2, 0) is 9.59 Å². The van der Waals surface area contributed by atoms with Gasteiger partial charge in [-0.25, -0.2) is 0 Å². The Hall–Kier alpha value is -1.16. The number of aliphatic hydroxyl groups is 1. The quantitative estimate of drug-likeness (QED) is 0.430. The topological polar surface area (TPSA) is 74.6 Å². The molecule has 4 nitrogen and oxygen atoms in total. The van der Waals surface area contributed by atoms with Crippen LogP contribution in [0.4, 0.5) is 0 Å². The van der Waals surface area contributed by atoms with Crippen LogP contribution in [0, 0.1) is 56.2 Å². The molecule has 0 heterocycles. The van der Waals surface area contributed by atoms with Gasteiger partial charge in [0.2, 0.25) is 0 Å². The van der Waals surface area contributed by atoms with Crippen molar-refractivity contribution in [1.29, 1.82) is 0 Å². The molecule has 0 spiro atoms. The molecule has 2 N–H and O–H groups in total. The van der Waals surface area contributed by atoms with E-state index in [0.29, 0.717) is 11.8 Å². The third-order valence-electron chi connectivity index (χ3n) is 13.1. The largest absolute Gasteiger partial charge is 0.481 e. The van der Waals surface area contributed by atoms with Gasteiger partial charge in [-0.2, -0.15) is 0 Å². The van der Waals surface area contributed by atoms with Gasteiger partial charge in [-0.05, 0) is 97.2 Å². The highest BCUT2D eigenvalue weighted by Gasteiger charge is 2.70. The molecular formula is C31H48O4. The molecule has 0 aromatic rings. The number of carboxylic acids is 1. The van der Waals surface area contributed by atoms with E-state index in [4.69, 9.17) is 0 Å². The lowest BCUT2D eigenvalue weighted by atomic mass is 9.33. The van der Waals surface area contributed by atoms with Crippen molar-refractivity contribution in [2.45, 2.75) is 106 Å². The van der Waals surface area contributed by atoms with E-state index in [1.807, 2.05) is 0 Å². The average molecular weight is 485 g/mol. The van der Waals surface area contributed by atoms with Gasteiger partial charge in [-0.1, -0.05) is 60.1 Å². The zero-order valence-electron chi connectivity index (χ0n) is 23.2. The summed E-state index contributed by atoms with van der Waals surface area (Å²) in [5.74, 6) is 0.298. The van der Waals surface area contributed by atoms with Crippen molar-refractivity contribution in [3.63, 3.8) is 0 Å². The molecule has 196 valence electrons. The highest BCUT2D eigenvalue weighted by atomic mass is 16.4. The van der Waals surface area contributed by atoms with E-state index in [1.54, 1.807) is 0 Å². The van der Waals surface area contributed by atoms with Crippen LogP contribution in [0.5, 0.6) is 0 Å². The molecule has 0 aromatic carbocycles. The number of Topliss-reactive ketones (excluding diaryl/α,β-unsaturated/α-hetero) is 1. The summed E-state index contributed by atoms with van der Waals surface area (Å²) in [5, 5.41) is 20.7. The zero-order valence-corrected chi connectivity index (χ0v) is 23.2. The third kappa shape index (κ3) is 3.07. The van der Waals surface area contributed by atoms with Crippen LogP contribution in [0.25, 0.3) is 0 Å². The van der Waals surface area contributed by atoms with Crippen LogP contribution >= 0.6 is 0 Å². The van der Waals surface area contributed by atoms with Crippen molar-refractivity contribution in [2.24, 2.45) is 56.2 Å². The third-order valence-corrected chi connectivity index (χ3v) is 13.1. The number of aliphatic hydroxyl groups excluding tert-OH is 1.